The minimum absolute atomic E-state index is 0.742. The fraction of sp³-hybridized carbons (Fsp3) is 0.429. The van der Waals surface area contributed by atoms with E-state index in [1.54, 1.807) is 14.2 Å². The summed E-state index contributed by atoms with van der Waals surface area (Å²) in [6.07, 6.45) is 0. The molecular weight excluding hydrogens is 354 g/mol. The van der Waals surface area contributed by atoms with Crippen molar-refractivity contribution in [1.82, 2.24) is 19.5 Å². The van der Waals surface area contributed by atoms with Crippen LogP contribution in [0.5, 0.6) is 11.5 Å². The normalized spacial score (nSPS) is 15.2. The molecule has 0 saturated carbocycles. The van der Waals surface area contributed by atoms with Crippen molar-refractivity contribution in [3.63, 3.8) is 0 Å². The summed E-state index contributed by atoms with van der Waals surface area (Å²) in [5, 5.41) is 4.92. The van der Waals surface area contributed by atoms with E-state index in [1.807, 2.05) is 28.8 Å². The number of ether oxygens (including phenoxy) is 2. The average molecular weight is 381 g/mol. The lowest BCUT2D eigenvalue weighted by Gasteiger charge is -2.35. The molecule has 1 aliphatic rings. The highest BCUT2D eigenvalue weighted by atomic mass is 16.5. The maximum Gasteiger partial charge on any atom is 0.158 e. The van der Waals surface area contributed by atoms with Gasteiger partial charge < -0.3 is 19.3 Å². The van der Waals surface area contributed by atoms with Gasteiger partial charge in [0, 0.05) is 55.1 Å². The topological polar surface area (TPSA) is 55.1 Å². The Morgan fingerprint density at radius 2 is 1.54 bits per heavy atom. The SMILES string of the molecule is COc1cc(OC)cc(-c2cc3nc(C)c(C)c(N4CCN(C)CC4)n3n2)c1. The Kier molecular flexibility index (Phi) is 4.85. The van der Waals surface area contributed by atoms with Crippen molar-refractivity contribution in [2.24, 2.45) is 0 Å². The van der Waals surface area contributed by atoms with E-state index in [4.69, 9.17) is 19.6 Å². The fourth-order valence-electron chi connectivity index (χ4n) is 3.67. The van der Waals surface area contributed by atoms with E-state index in [-0.39, 0.29) is 0 Å². The van der Waals surface area contributed by atoms with Crippen molar-refractivity contribution in [1.29, 1.82) is 0 Å². The van der Waals surface area contributed by atoms with Crippen LogP contribution in [0.4, 0.5) is 5.82 Å². The molecule has 1 aliphatic heterocycles. The minimum atomic E-state index is 0.742. The second-order valence-corrected chi connectivity index (χ2v) is 7.34. The number of methoxy groups -OCH3 is 2. The van der Waals surface area contributed by atoms with Crippen LogP contribution in [0.1, 0.15) is 11.3 Å². The number of likely N-dealkylation sites (N-methyl/N-ethyl adjacent to an activating group) is 1. The van der Waals surface area contributed by atoms with E-state index in [0.717, 1.165) is 66.1 Å². The first-order valence-corrected chi connectivity index (χ1v) is 9.54. The number of aryl methyl sites for hydroxylation is 1. The van der Waals surface area contributed by atoms with Gasteiger partial charge in [0.15, 0.2) is 5.65 Å². The maximum atomic E-state index is 5.42. The van der Waals surface area contributed by atoms with Gasteiger partial charge in [0.1, 0.15) is 17.3 Å². The Hall–Kier alpha value is -2.80. The lowest BCUT2D eigenvalue weighted by atomic mass is 10.1. The van der Waals surface area contributed by atoms with Gasteiger partial charge in [-0.25, -0.2) is 4.98 Å². The molecule has 0 atom stereocenters. The third kappa shape index (κ3) is 3.26. The number of hydrogen-bond acceptors (Lipinski definition) is 6. The molecule has 1 aromatic carbocycles. The highest BCUT2D eigenvalue weighted by Crippen LogP contribution is 2.31. The van der Waals surface area contributed by atoms with Crippen LogP contribution in [0.3, 0.4) is 0 Å². The molecule has 0 radical (unpaired) electrons. The van der Waals surface area contributed by atoms with Crippen LogP contribution < -0.4 is 14.4 Å². The molecule has 0 aliphatic carbocycles. The van der Waals surface area contributed by atoms with Gasteiger partial charge in [-0.3, -0.25) is 0 Å². The number of aromatic nitrogens is 3. The van der Waals surface area contributed by atoms with Crippen LogP contribution in [0.2, 0.25) is 0 Å². The third-order valence-corrected chi connectivity index (χ3v) is 5.50. The lowest BCUT2D eigenvalue weighted by Crippen LogP contribution is -2.45. The molecular formula is C21H27N5O2. The van der Waals surface area contributed by atoms with Gasteiger partial charge in [-0.15, -0.1) is 0 Å². The summed E-state index contributed by atoms with van der Waals surface area (Å²) in [4.78, 5) is 9.55. The van der Waals surface area contributed by atoms with Crippen LogP contribution in [0.15, 0.2) is 24.3 Å². The molecule has 0 bridgehead atoms. The van der Waals surface area contributed by atoms with Crippen molar-refractivity contribution in [2.45, 2.75) is 13.8 Å². The molecule has 0 unspecified atom stereocenters. The standard InChI is InChI=1S/C21H27N5O2/c1-14-15(2)22-20-13-19(16-10-17(27-4)12-18(11-16)28-5)23-26(20)21(14)25-8-6-24(3)7-9-25/h10-13H,6-9H2,1-5H3. The van der Waals surface area contributed by atoms with Crippen LogP contribution in [-0.2, 0) is 0 Å². The second-order valence-electron chi connectivity index (χ2n) is 7.34. The summed E-state index contributed by atoms with van der Waals surface area (Å²) in [6, 6.07) is 7.83. The first kappa shape index (κ1) is 18.6. The highest BCUT2D eigenvalue weighted by Gasteiger charge is 2.22. The molecule has 0 spiro atoms. The minimum Gasteiger partial charge on any atom is -0.497 e. The van der Waals surface area contributed by atoms with Gasteiger partial charge in [0.2, 0.25) is 0 Å². The Morgan fingerprint density at radius 1 is 0.893 bits per heavy atom. The van der Waals surface area contributed by atoms with Crippen LogP contribution >= 0.6 is 0 Å². The van der Waals surface area contributed by atoms with E-state index in [0.29, 0.717) is 0 Å². The van der Waals surface area contributed by atoms with Gasteiger partial charge >= 0.3 is 0 Å². The molecule has 7 nitrogen and oxygen atoms in total. The Balaban J connectivity index is 1.84. The van der Waals surface area contributed by atoms with E-state index >= 15 is 0 Å². The highest BCUT2D eigenvalue weighted by molar-refractivity contribution is 5.69. The summed E-state index contributed by atoms with van der Waals surface area (Å²) < 4.78 is 12.8. The first-order valence-electron chi connectivity index (χ1n) is 9.54. The number of rotatable bonds is 4. The van der Waals surface area contributed by atoms with E-state index in [9.17, 15) is 0 Å². The lowest BCUT2D eigenvalue weighted by molar-refractivity contribution is 0.311. The van der Waals surface area contributed by atoms with E-state index < -0.39 is 0 Å². The Labute approximate surface area is 165 Å². The van der Waals surface area contributed by atoms with E-state index in [1.165, 1.54) is 5.56 Å². The molecule has 4 rings (SSSR count). The Bertz CT molecular complexity index is 983. The number of benzene rings is 1. The summed E-state index contributed by atoms with van der Waals surface area (Å²) >= 11 is 0. The zero-order valence-corrected chi connectivity index (χ0v) is 17.2. The molecule has 0 amide bonds. The van der Waals surface area contributed by atoms with Crippen molar-refractivity contribution in [2.75, 3.05) is 52.3 Å². The zero-order chi connectivity index (χ0) is 19.8. The average Bonchev–Trinajstić information content (AvgIpc) is 3.12. The van der Waals surface area contributed by atoms with Gasteiger partial charge in [0.05, 0.1) is 19.9 Å². The smallest absolute Gasteiger partial charge is 0.158 e. The van der Waals surface area contributed by atoms with Gasteiger partial charge in [0.25, 0.3) is 0 Å². The molecule has 3 aromatic rings. The second kappa shape index (κ2) is 7.31. The quantitative estimate of drug-likeness (QED) is 0.693. The number of nitrogens with zero attached hydrogens (tertiary/aromatic N) is 5. The fourth-order valence-corrected chi connectivity index (χ4v) is 3.67. The van der Waals surface area contributed by atoms with Gasteiger partial charge in [-0.05, 0) is 33.0 Å². The number of hydrogen-bond donors (Lipinski definition) is 0. The Morgan fingerprint density at radius 3 is 2.14 bits per heavy atom. The molecule has 1 fully saturated rings. The third-order valence-electron chi connectivity index (χ3n) is 5.50. The predicted octanol–water partition coefficient (Wildman–Crippen LogP) is 2.78. The molecule has 148 valence electrons. The predicted molar refractivity (Wildman–Crippen MR) is 111 cm³/mol. The summed E-state index contributed by atoms with van der Waals surface area (Å²) in [5.41, 5.74) is 4.87. The number of anilines is 1. The van der Waals surface area contributed by atoms with Crippen molar-refractivity contribution in [3.05, 3.63) is 35.5 Å². The summed E-state index contributed by atoms with van der Waals surface area (Å²) in [6.45, 7) is 8.25. The molecule has 0 N–H and O–H groups in total. The van der Waals surface area contributed by atoms with Crippen molar-refractivity contribution in [3.8, 4) is 22.8 Å². The molecule has 3 heterocycles. The largest absolute Gasteiger partial charge is 0.497 e. The van der Waals surface area contributed by atoms with Crippen LogP contribution in [-0.4, -0.2) is 66.9 Å². The molecule has 1 saturated heterocycles. The maximum absolute atomic E-state index is 5.42. The van der Waals surface area contributed by atoms with Gasteiger partial charge in [-0.2, -0.15) is 9.61 Å². The molecule has 2 aromatic heterocycles. The number of piperazine rings is 1. The van der Waals surface area contributed by atoms with Crippen molar-refractivity contribution < 1.29 is 9.47 Å². The van der Waals surface area contributed by atoms with Crippen LogP contribution in [0.25, 0.3) is 16.9 Å². The summed E-state index contributed by atoms with van der Waals surface area (Å²) in [5.74, 6) is 2.62. The van der Waals surface area contributed by atoms with Crippen molar-refractivity contribution >= 4 is 11.5 Å². The van der Waals surface area contributed by atoms with E-state index in [2.05, 4.69) is 30.7 Å². The molecule has 28 heavy (non-hydrogen) atoms. The zero-order valence-electron chi connectivity index (χ0n) is 17.2. The van der Waals surface area contributed by atoms with Gasteiger partial charge in [-0.1, -0.05) is 0 Å². The van der Waals surface area contributed by atoms with Crippen LogP contribution in [0, 0.1) is 13.8 Å². The number of fused-ring (bicyclic) bond motifs is 1. The molecule has 7 heteroatoms. The first-order chi connectivity index (χ1) is 13.5. The summed E-state index contributed by atoms with van der Waals surface area (Å²) in [7, 11) is 5.48. The monoisotopic (exact) mass is 381 g/mol.